The first kappa shape index (κ1) is 11.4. The lowest BCUT2D eigenvalue weighted by molar-refractivity contribution is 0.265. The van der Waals surface area contributed by atoms with Crippen molar-refractivity contribution in [3.8, 4) is 0 Å². The predicted octanol–water partition coefficient (Wildman–Crippen LogP) is 1.40. The van der Waals surface area contributed by atoms with Gasteiger partial charge in [0.25, 0.3) is 0 Å². The molecule has 2 rings (SSSR count). The van der Waals surface area contributed by atoms with Crippen LogP contribution in [-0.4, -0.2) is 43.0 Å². The molecule has 1 aromatic carbocycles. The van der Waals surface area contributed by atoms with E-state index in [0.717, 1.165) is 12.2 Å². The van der Waals surface area contributed by atoms with Crippen molar-refractivity contribution in [1.82, 2.24) is 9.80 Å². The van der Waals surface area contributed by atoms with Gasteiger partial charge >= 0.3 is 0 Å². The zero-order chi connectivity index (χ0) is 11.5. The van der Waals surface area contributed by atoms with E-state index >= 15 is 0 Å². The molecule has 1 aromatic rings. The number of hydrogen-bond acceptors (Lipinski definition) is 3. The minimum Gasteiger partial charge on any atom is -0.399 e. The zero-order valence-corrected chi connectivity index (χ0v) is 10.2. The van der Waals surface area contributed by atoms with Crippen LogP contribution in [0.2, 0.25) is 0 Å². The summed E-state index contributed by atoms with van der Waals surface area (Å²) < 4.78 is 0. The highest BCUT2D eigenvalue weighted by Crippen LogP contribution is 2.17. The second-order valence-electron chi connectivity index (χ2n) is 4.89. The summed E-state index contributed by atoms with van der Waals surface area (Å²) in [6.07, 6.45) is 1.27. The van der Waals surface area contributed by atoms with Gasteiger partial charge in [0, 0.05) is 31.4 Å². The van der Waals surface area contributed by atoms with Crippen LogP contribution in [0.15, 0.2) is 24.3 Å². The lowest BCUT2D eigenvalue weighted by atomic mass is 10.2. The van der Waals surface area contributed by atoms with Gasteiger partial charge in [0.2, 0.25) is 0 Å². The van der Waals surface area contributed by atoms with Gasteiger partial charge in [-0.25, -0.2) is 0 Å². The minimum absolute atomic E-state index is 0.709. The van der Waals surface area contributed by atoms with E-state index in [1.807, 2.05) is 12.1 Å². The van der Waals surface area contributed by atoms with Crippen molar-refractivity contribution in [3.63, 3.8) is 0 Å². The van der Waals surface area contributed by atoms with Crippen molar-refractivity contribution >= 4 is 5.69 Å². The average molecular weight is 219 g/mol. The maximum atomic E-state index is 5.78. The molecule has 3 nitrogen and oxygen atoms in total. The molecule has 0 spiro atoms. The van der Waals surface area contributed by atoms with Gasteiger partial charge in [-0.05, 0) is 38.2 Å². The molecule has 0 radical (unpaired) electrons. The van der Waals surface area contributed by atoms with Crippen LogP contribution in [0, 0.1) is 0 Å². The number of nitrogens with two attached hydrogens (primary N) is 1. The minimum atomic E-state index is 0.709. The third-order valence-corrected chi connectivity index (χ3v) is 3.34. The Bertz CT molecular complexity index is 349. The highest BCUT2D eigenvalue weighted by molar-refractivity contribution is 5.40. The fourth-order valence-electron chi connectivity index (χ4n) is 2.33. The monoisotopic (exact) mass is 219 g/mol. The molecule has 3 heteroatoms. The number of likely N-dealkylation sites (tertiary alicyclic amines) is 1. The van der Waals surface area contributed by atoms with Gasteiger partial charge in [-0.2, -0.15) is 0 Å². The number of anilines is 1. The number of likely N-dealkylation sites (N-methyl/N-ethyl adjacent to an activating group) is 1. The first-order valence-electron chi connectivity index (χ1n) is 5.88. The Kier molecular flexibility index (Phi) is 3.46. The number of benzene rings is 1. The standard InChI is InChI=1S/C13H21N3/c1-15(2)13-6-7-16(10-13)9-11-4-3-5-12(14)8-11/h3-5,8,13H,6-7,9-10,14H2,1-2H3. The first-order chi connectivity index (χ1) is 7.65. The van der Waals surface area contributed by atoms with Crippen LogP contribution in [-0.2, 0) is 6.54 Å². The van der Waals surface area contributed by atoms with Crippen molar-refractivity contribution in [2.75, 3.05) is 32.9 Å². The Hall–Kier alpha value is -1.06. The second-order valence-corrected chi connectivity index (χ2v) is 4.89. The van der Waals surface area contributed by atoms with E-state index in [0.29, 0.717) is 6.04 Å². The summed E-state index contributed by atoms with van der Waals surface area (Å²) in [4.78, 5) is 4.82. The summed E-state index contributed by atoms with van der Waals surface area (Å²) >= 11 is 0. The van der Waals surface area contributed by atoms with E-state index in [4.69, 9.17) is 5.73 Å². The molecule has 0 bridgehead atoms. The van der Waals surface area contributed by atoms with Crippen LogP contribution in [0.4, 0.5) is 5.69 Å². The first-order valence-corrected chi connectivity index (χ1v) is 5.88. The Morgan fingerprint density at radius 3 is 2.88 bits per heavy atom. The van der Waals surface area contributed by atoms with E-state index in [1.54, 1.807) is 0 Å². The Balaban J connectivity index is 1.92. The third kappa shape index (κ3) is 2.74. The molecule has 0 aromatic heterocycles. The number of nitrogen functional groups attached to an aromatic ring is 1. The molecule has 1 saturated heterocycles. The highest BCUT2D eigenvalue weighted by Gasteiger charge is 2.23. The molecule has 1 aliphatic heterocycles. The van der Waals surface area contributed by atoms with Crippen molar-refractivity contribution in [2.45, 2.75) is 19.0 Å². The summed E-state index contributed by atoms with van der Waals surface area (Å²) in [5.74, 6) is 0. The average Bonchev–Trinajstić information content (AvgIpc) is 2.66. The lowest BCUT2D eigenvalue weighted by Gasteiger charge is -2.20. The molecule has 88 valence electrons. The maximum absolute atomic E-state index is 5.78. The van der Waals surface area contributed by atoms with Crippen molar-refractivity contribution in [3.05, 3.63) is 29.8 Å². The SMILES string of the molecule is CN(C)C1CCN(Cc2cccc(N)c2)C1. The summed E-state index contributed by atoms with van der Waals surface area (Å²) in [6, 6.07) is 8.91. The molecule has 1 atom stereocenters. The fraction of sp³-hybridized carbons (Fsp3) is 0.538. The smallest absolute Gasteiger partial charge is 0.0317 e. The van der Waals surface area contributed by atoms with E-state index in [9.17, 15) is 0 Å². The van der Waals surface area contributed by atoms with Gasteiger partial charge in [0.05, 0.1) is 0 Å². The predicted molar refractivity (Wildman–Crippen MR) is 68.2 cm³/mol. The second kappa shape index (κ2) is 4.85. The van der Waals surface area contributed by atoms with Gasteiger partial charge in [0.1, 0.15) is 0 Å². The number of nitrogens with zero attached hydrogens (tertiary/aromatic N) is 2. The Morgan fingerprint density at radius 1 is 1.44 bits per heavy atom. The summed E-state index contributed by atoms with van der Waals surface area (Å²) in [6.45, 7) is 3.38. The quantitative estimate of drug-likeness (QED) is 0.780. The van der Waals surface area contributed by atoms with Crippen molar-refractivity contribution in [2.24, 2.45) is 0 Å². The topological polar surface area (TPSA) is 32.5 Å². The van der Waals surface area contributed by atoms with E-state index < -0.39 is 0 Å². The van der Waals surface area contributed by atoms with Crippen LogP contribution in [0.1, 0.15) is 12.0 Å². The molecule has 0 saturated carbocycles. The maximum Gasteiger partial charge on any atom is 0.0317 e. The number of rotatable bonds is 3. The Labute approximate surface area is 97.8 Å². The molecule has 0 aliphatic carbocycles. The molecule has 2 N–H and O–H groups in total. The normalized spacial score (nSPS) is 21.8. The van der Waals surface area contributed by atoms with Gasteiger partial charge in [-0.1, -0.05) is 12.1 Å². The molecule has 16 heavy (non-hydrogen) atoms. The van der Waals surface area contributed by atoms with Crippen LogP contribution in [0.25, 0.3) is 0 Å². The molecule has 0 amide bonds. The Morgan fingerprint density at radius 2 is 2.25 bits per heavy atom. The van der Waals surface area contributed by atoms with Gasteiger partial charge in [-0.15, -0.1) is 0 Å². The van der Waals surface area contributed by atoms with Gasteiger partial charge < -0.3 is 10.6 Å². The third-order valence-electron chi connectivity index (χ3n) is 3.34. The molecule has 1 heterocycles. The van der Waals surface area contributed by atoms with Crippen LogP contribution < -0.4 is 5.73 Å². The van der Waals surface area contributed by atoms with Crippen molar-refractivity contribution in [1.29, 1.82) is 0 Å². The van der Waals surface area contributed by atoms with Crippen LogP contribution in [0.3, 0.4) is 0 Å². The van der Waals surface area contributed by atoms with Gasteiger partial charge in [-0.3, -0.25) is 4.90 Å². The molecule has 1 fully saturated rings. The molecule has 1 unspecified atom stereocenters. The van der Waals surface area contributed by atoms with Crippen LogP contribution >= 0.6 is 0 Å². The van der Waals surface area contributed by atoms with E-state index in [1.165, 1.54) is 25.1 Å². The highest BCUT2D eigenvalue weighted by atomic mass is 15.2. The van der Waals surface area contributed by atoms with Gasteiger partial charge in [0.15, 0.2) is 0 Å². The summed E-state index contributed by atoms with van der Waals surface area (Å²) in [5.41, 5.74) is 7.96. The largest absolute Gasteiger partial charge is 0.399 e. The number of hydrogen-bond donors (Lipinski definition) is 1. The summed E-state index contributed by atoms with van der Waals surface area (Å²) in [7, 11) is 4.32. The van der Waals surface area contributed by atoms with Crippen LogP contribution in [0.5, 0.6) is 0 Å². The van der Waals surface area contributed by atoms with E-state index in [2.05, 4.69) is 36.0 Å². The fourth-order valence-corrected chi connectivity index (χ4v) is 2.33. The summed E-state index contributed by atoms with van der Waals surface area (Å²) in [5, 5.41) is 0. The molecule has 1 aliphatic rings. The van der Waals surface area contributed by atoms with E-state index in [-0.39, 0.29) is 0 Å². The molecular weight excluding hydrogens is 198 g/mol. The molecular formula is C13H21N3. The lowest BCUT2D eigenvalue weighted by Crippen LogP contribution is -2.31. The zero-order valence-electron chi connectivity index (χ0n) is 10.2. The van der Waals surface area contributed by atoms with Crippen molar-refractivity contribution < 1.29 is 0 Å².